The van der Waals surface area contributed by atoms with Crippen molar-refractivity contribution >= 4 is 11.8 Å². The average molecular weight is 263 g/mol. The van der Waals surface area contributed by atoms with Crippen LogP contribution in [0.25, 0.3) is 0 Å². The molecule has 2 amide bonds. The fraction of sp³-hybridized carbons (Fsp3) is 0.571. The second kappa shape index (κ2) is 5.07. The number of carbonyl (C=O) groups excluding carboxylic acids is 2. The zero-order valence-corrected chi connectivity index (χ0v) is 12.0. The predicted octanol–water partition coefficient (Wildman–Crippen LogP) is 1.03. The number of amides is 2. The van der Waals surface area contributed by atoms with Gasteiger partial charge in [0.1, 0.15) is 5.69 Å². The third-order valence-electron chi connectivity index (χ3n) is 4.06. The molecule has 1 saturated heterocycles. The van der Waals surface area contributed by atoms with Crippen molar-refractivity contribution < 1.29 is 9.59 Å². The van der Waals surface area contributed by atoms with E-state index in [0.717, 1.165) is 12.1 Å². The first-order chi connectivity index (χ1) is 8.91. The lowest BCUT2D eigenvalue weighted by atomic mass is 10.0. The smallest absolute Gasteiger partial charge is 0.270 e. The summed E-state index contributed by atoms with van der Waals surface area (Å²) in [5.41, 5.74) is 1.76. The molecule has 1 atom stereocenters. The van der Waals surface area contributed by atoms with Crippen molar-refractivity contribution in [2.75, 3.05) is 20.6 Å². The van der Waals surface area contributed by atoms with Crippen molar-refractivity contribution in [3.8, 4) is 0 Å². The highest BCUT2D eigenvalue weighted by molar-refractivity contribution is 5.93. The molecule has 0 aromatic carbocycles. The first-order valence-corrected chi connectivity index (χ1v) is 6.55. The maximum Gasteiger partial charge on any atom is 0.270 e. The van der Waals surface area contributed by atoms with Gasteiger partial charge in [0, 0.05) is 45.8 Å². The summed E-state index contributed by atoms with van der Waals surface area (Å²) in [5.74, 6) is 0.176. The second-order valence-electron chi connectivity index (χ2n) is 5.30. The average Bonchev–Trinajstić information content (AvgIpc) is 2.72. The van der Waals surface area contributed by atoms with Gasteiger partial charge in [0.15, 0.2) is 0 Å². The minimum absolute atomic E-state index is 0.0170. The zero-order valence-electron chi connectivity index (χ0n) is 12.0. The van der Waals surface area contributed by atoms with Crippen molar-refractivity contribution in [3.63, 3.8) is 0 Å². The van der Waals surface area contributed by atoms with Crippen LogP contribution in [0.1, 0.15) is 29.0 Å². The normalized spacial score (nSPS) is 19.7. The minimum atomic E-state index is 0.0170. The predicted molar refractivity (Wildman–Crippen MR) is 72.9 cm³/mol. The molecular weight excluding hydrogens is 242 g/mol. The standard InChI is InChI=1S/C14H21N3O2/c1-10-5-7-12(16(10)3)14(19)17(4)11-6-8-13(18)15(2)9-11/h5,7,11H,6,8-9H2,1-4H3. The monoisotopic (exact) mass is 263 g/mol. The Labute approximate surface area is 113 Å². The summed E-state index contributed by atoms with van der Waals surface area (Å²) in [4.78, 5) is 27.4. The molecular formula is C14H21N3O2. The minimum Gasteiger partial charge on any atom is -0.344 e. The lowest BCUT2D eigenvalue weighted by molar-refractivity contribution is -0.133. The van der Waals surface area contributed by atoms with Crippen LogP contribution < -0.4 is 0 Å². The number of likely N-dealkylation sites (N-methyl/N-ethyl adjacent to an activating group) is 2. The van der Waals surface area contributed by atoms with E-state index < -0.39 is 0 Å². The zero-order chi connectivity index (χ0) is 14.2. The number of hydrogen-bond acceptors (Lipinski definition) is 2. The molecule has 1 aliphatic rings. The van der Waals surface area contributed by atoms with Gasteiger partial charge in [-0.1, -0.05) is 0 Å². The molecule has 5 heteroatoms. The first kappa shape index (κ1) is 13.6. The van der Waals surface area contributed by atoms with Crippen LogP contribution in [-0.4, -0.2) is 52.9 Å². The number of likely N-dealkylation sites (tertiary alicyclic amines) is 1. The third kappa shape index (κ3) is 2.50. The van der Waals surface area contributed by atoms with Crippen LogP contribution in [0.2, 0.25) is 0 Å². The summed E-state index contributed by atoms with van der Waals surface area (Å²) in [6, 6.07) is 3.90. The van der Waals surface area contributed by atoms with Gasteiger partial charge in [-0.3, -0.25) is 9.59 Å². The summed E-state index contributed by atoms with van der Waals surface area (Å²) >= 11 is 0. The van der Waals surface area contributed by atoms with E-state index in [1.165, 1.54) is 0 Å². The first-order valence-electron chi connectivity index (χ1n) is 6.55. The lowest BCUT2D eigenvalue weighted by Crippen LogP contribution is -2.49. The van der Waals surface area contributed by atoms with Crippen molar-refractivity contribution in [2.45, 2.75) is 25.8 Å². The van der Waals surface area contributed by atoms with E-state index in [4.69, 9.17) is 0 Å². The van der Waals surface area contributed by atoms with E-state index in [0.29, 0.717) is 18.7 Å². The Morgan fingerprint density at radius 1 is 1.37 bits per heavy atom. The summed E-state index contributed by atoms with van der Waals surface area (Å²) < 4.78 is 1.90. The SMILES string of the molecule is Cc1ccc(C(=O)N(C)C2CCC(=O)N(C)C2)n1C. The molecule has 1 aromatic rings. The molecule has 0 radical (unpaired) electrons. The van der Waals surface area contributed by atoms with E-state index in [1.54, 1.807) is 16.8 Å². The van der Waals surface area contributed by atoms with Crippen LogP contribution in [0.3, 0.4) is 0 Å². The van der Waals surface area contributed by atoms with Crippen molar-refractivity contribution in [1.82, 2.24) is 14.4 Å². The van der Waals surface area contributed by atoms with E-state index in [2.05, 4.69) is 0 Å². The second-order valence-corrected chi connectivity index (χ2v) is 5.30. The summed E-state index contributed by atoms with van der Waals surface area (Å²) in [5, 5.41) is 0. The summed E-state index contributed by atoms with van der Waals surface area (Å²) in [7, 11) is 5.51. The fourth-order valence-corrected chi connectivity index (χ4v) is 2.48. The quantitative estimate of drug-likeness (QED) is 0.800. The van der Waals surface area contributed by atoms with Crippen LogP contribution >= 0.6 is 0 Å². The Bertz CT molecular complexity index is 507. The van der Waals surface area contributed by atoms with Crippen LogP contribution in [0, 0.1) is 6.92 Å². The highest BCUT2D eigenvalue weighted by Crippen LogP contribution is 2.17. The highest BCUT2D eigenvalue weighted by atomic mass is 16.2. The van der Waals surface area contributed by atoms with Gasteiger partial charge in [0.05, 0.1) is 0 Å². The molecule has 1 aromatic heterocycles. The number of rotatable bonds is 2. The molecule has 0 saturated carbocycles. The summed E-state index contributed by atoms with van der Waals surface area (Å²) in [6.07, 6.45) is 1.26. The molecule has 0 spiro atoms. The van der Waals surface area contributed by atoms with E-state index in [1.807, 2.05) is 37.7 Å². The molecule has 0 bridgehead atoms. The van der Waals surface area contributed by atoms with Crippen LogP contribution in [-0.2, 0) is 11.8 Å². The van der Waals surface area contributed by atoms with Crippen LogP contribution in [0.4, 0.5) is 0 Å². The molecule has 1 unspecified atom stereocenters. The van der Waals surface area contributed by atoms with Crippen LogP contribution in [0.15, 0.2) is 12.1 Å². The molecule has 0 N–H and O–H groups in total. The maximum atomic E-state index is 12.5. The van der Waals surface area contributed by atoms with Gasteiger partial charge < -0.3 is 14.4 Å². The molecule has 5 nitrogen and oxygen atoms in total. The van der Waals surface area contributed by atoms with Crippen molar-refractivity contribution in [3.05, 3.63) is 23.5 Å². The molecule has 0 aliphatic carbocycles. The largest absolute Gasteiger partial charge is 0.344 e. The Balaban J connectivity index is 2.11. The van der Waals surface area contributed by atoms with Crippen molar-refractivity contribution in [2.24, 2.45) is 7.05 Å². The van der Waals surface area contributed by atoms with Gasteiger partial charge in [0.25, 0.3) is 5.91 Å². The number of hydrogen-bond donors (Lipinski definition) is 0. The van der Waals surface area contributed by atoms with Gasteiger partial charge in [-0.2, -0.15) is 0 Å². The van der Waals surface area contributed by atoms with Gasteiger partial charge in [-0.05, 0) is 25.5 Å². The Kier molecular flexibility index (Phi) is 3.64. The Morgan fingerprint density at radius 3 is 2.58 bits per heavy atom. The number of piperidine rings is 1. The van der Waals surface area contributed by atoms with Gasteiger partial charge in [-0.25, -0.2) is 0 Å². The number of aromatic nitrogens is 1. The van der Waals surface area contributed by atoms with E-state index >= 15 is 0 Å². The fourth-order valence-electron chi connectivity index (χ4n) is 2.48. The molecule has 19 heavy (non-hydrogen) atoms. The molecule has 104 valence electrons. The van der Waals surface area contributed by atoms with E-state index in [-0.39, 0.29) is 17.9 Å². The number of carbonyl (C=O) groups is 2. The molecule has 1 fully saturated rings. The summed E-state index contributed by atoms with van der Waals surface area (Å²) in [6.45, 7) is 2.59. The number of aryl methyl sites for hydroxylation is 1. The lowest BCUT2D eigenvalue weighted by Gasteiger charge is -2.35. The van der Waals surface area contributed by atoms with Crippen LogP contribution in [0.5, 0.6) is 0 Å². The van der Waals surface area contributed by atoms with Gasteiger partial charge in [0.2, 0.25) is 5.91 Å². The Hall–Kier alpha value is -1.78. The van der Waals surface area contributed by atoms with Gasteiger partial charge in [-0.15, -0.1) is 0 Å². The molecule has 2 rings (SSSR count). The highest BCUT2D eigenvalue weighted by Gasteiger charge is 2.29. The maximum absolute atomic E-state index is 12.5. The van der Waals surface area contributed by atoms with Gasteiger partial charge >= 0.3 is 0 Å². The topological polar surface area (TPSA) is 45.6 Å². The van der Waals surface area contributed by atoms with Crippen molar-refractivity contribution in [1.29, 1.82) is 0 Å². The molecule has 2 heterocycles. The van der Waals surface area contributed by atoms with E-state index in [9.17, 15) is 9.59 Å². The molecule has 1 aliphatic heterocycles. The number of nitrogens with zero attached hydrogens (tertiary/aromatic N) is 3. The third-order valence-corrected chi connectivity index (χ3v) is 4.06. The Morgan fingerprint density at radius 2 is 2.05 bits per heavy atom.